The molecule has 0 spiro atoms. The van der Waals surface area contributed by atoms with Gasteiger partial charge in [0.05, 0.1) is 25.9 Å². The van der Waals surface area contributed by atoms with Gasteiger partial charge in [-0.15, -0.1) is 0 Å². The number of nitrogens with zero attached hydrogens (tertiary/aromatic N) is 1. The largest absolute Gasteiger partial charge is 0.491 e. The predicted molar refractivity (Wildman–Crippen MR) is 111 cm³/mol. The van der Waals surface area contributed by atoms with Crippen LogP contribution in [0.1, 0.15) is 42.6 Å². The van der Waals surface area contributed by atoms with Gasteiger partial charge in [0.1, 0.15) is 18.5 Å². The van der Waals surface area contributed by atoms with Gasteiger partial charge in [-0.25, -0.2) is 0 Å². The van der Waals surface area contributed by atoms with E-state index in [9.17, 15) is 4.79 Å². The topological polar surface area (TPSA) is 49.7 Å². The highest BCUT2D eigenvalue weighted by atomic mass is 16.6. The second kappa shape index (κ2) is 8.86. The van der Waals surface area contributed by atoms with Crippen LogP contribution < -0.4 is 10.3 Å². The van der Waals surface area contributed by atoms with E-state index in [0.717, 1.165) is 16.8 Å². The van der Waals surface area contributed by atoms with Crippen molar-refractivity contribution < 1.29 is 14.2 Å². The molecule has 2 aliphatic rings. The molecule has 5 heteroatoms. The number of ether oxygens (including phenoxy) is 3. The van der Waals surface area contributed by atoms with E-state index >= 15 is 0 Å². The summed E-state index contributed by atoms with van der Waals surface area (Å²) in [5, 5.41) is 0. The molecule has 2 atom stereocenters. The fraction of sp³-hybridized carbons (Fsp3) is 0.458. The second-order valence-corrected chi connectivity index (χ2v) is 7.76. The minimum Gasteiger partial charge on any atom is -0.491 e. The second-order valence-electron chi connectivity index (χ2n) is 7.76. The van der Waals surface area contributed by atoms with E-state index < -0.39 is 0 Å². The monoisotopic (exact) mass is 393 g/mol. The van der Waals surface area contributed by atoms with E-state index in [1.54, 1.807) is 10.6 Å². The van der Waals surface area contributed by atoms with Crippen LogP contribution in [0.3, 0.4) is 0 Å². The van der Waals surface area contributed by atoms with Crippen LogP contribution in [-0.4, -0.2) is 37.1 Å². The molecule has 29 heavy (non-hydrogen) atoms. The molecule has 1 aliphatic carbocycles. The number of hydrogen-bond acceptors (Lipinski definition) is 4. The summed E-state index contributed by atoms with van der Waals surface area (Å²) in [6.45, 7) is 6.07. The molecule has 0 bridgehead atoms. The number of rotatable bonds is 5. The van der Waals surface area contributed by atoms with Crippen LogP contribution in [0.4, 0.5) is 0 Å². The lowest BCUT2D eigenvalue weighted by molar-refractivity contribution is -0.101. The standard InChI is InChI=1S/C24H27NO4/c1-17-13-22(29-16-23-15-27-11-12-28-23)14-24(26)25(17)18(2)21-9-7-20(8-10-21)6-5-19-3-4-19/h7-10,13-14,18-19,23H,3-4,11-12,15-16H2,1-2H3/t18-,23+/m1/s1. The first kappa shape index (κ1) is 19.8. The zero-order valence-electron chi connectivity index (χ0n) is 17.0. The van der Waals surface area contributed by atoms with Crippen LogP contribution in [0.25, 0.3) is 0 Å². The van der Waals surface area contributed by atoms with Crippen molar-refractivity contribution in [3.63, 3.8) is 0 Å². The first-order chi connectivity index (χ1) is 14.1. The third-order valence-electron chi connectivity index (χ3n) is 5.33. The summed E-state index contributed by atoms with van der Waals surface area (Å²) in [6, 6.07) is 11.5. The lowest BCUT2D eigenvalue weighted by atomic mass is 10.1. The van der Waals surface area contributed by atoms with Crippen molar-refractivity contribution >= 4 is 0 Å². The lowest BCUT2D eigenvalue weighted by Gasteiger charge is -2.23. The van der Waals surface area contributed by atoms with Crippen molar-refractivity contribution in [1.29, 1.82) is 0 Å². The SMILES string of the molecule is Cc1cc(OC[C@@H]2COCCO2)cc(=O)n1[C@H](C)c1ccc(C#CC2CC2)cc1. The van der Waals surface area contributed by atoms with E-state index in [-0.39, 0.29) is 17.7 Å². The Morgan fingerprint density at radius 3 is 2.66 bits per heavy atom. The molecule has 1 saturated heterocycles. The summed E-state index contributed by atoms with van der Waals surface area (Å²) in [6.07, 6.45) is 2.36. The van der Waals surface area contributed by atoms with Crippen molar-refractivity contribution in [2.24, 2.45) is 5.92 Å². The van der Waals surface area contributed by atoms with E-state index in [0.29, 0.717) is 38.1 Å². The summed E-state index contributed by atoms with van der Waals surface area (Å²) in [4.78, 5) is 12.8. The molecule has 4 rings (SSSR count). The molecule has 2 fully saturated rings. The zero-order valence-corrected chi connectivity index (χ0v) is 17.0. The maximum Gasteiger partial charge on any atom is 0.254 e. The minimum absolute atomic E-state index is 0.0722. The molecule has 1 aromatic carbocycles. The number of pyridine rings is 1. The Morgan fingerprint density at radius 2 is 2.00 bits per heavy atom. The number of hydrogen-bond donors (Lipinski definition) is 0. The van der Waals surface area contributed by atoms with Crippen molar-refractivity contribution in [3.05, 3.63) is 63.6 Å². The fourth-order valence-corrected chi connectivity index (χ4v) is 3.49. The molecule has 1 aliphatic heterocycles. The van der Waals surface area contributed by atoms with Crippen LogP contribution in [0.2, 0.25) is 0 Å². The van der Waals surface area contributed by atoms with Crippen LogP contribution in [0, 0.1) is 24.7 Å². The maximum atomic E-state index is 12.8. The highest BCUT2D eigenvalue weighted by Gasteiger charge is 2.18. The summed E-state index contributed by atoms with van der Waals surface area (Å²) in [7, 11) is 0. The van der Waals surface area contributed by atoms with Gasteiger partial charge in [0.2, 0.25) is 0 Å². The van der Waals surface area contributed by atoms with Gasteiger partial charge in [0.15, 0.2) is 0 Å². The Hall–Kier alpha value is -2.55. The lowest BCUT2D eigenvalue weighted by Crippen LogP contribution is -2.33. The molecule has 1 saturated carbocycles. The zero-order chi connectivity index (χ0) is 20.2. The first-order valence-corrected chi connectivity index (χ1v) is 10.3. The smallest absolute Gasteiger partial charge is 0.254 e. The number of benzene rings is 1. The predicted octanol–water partition coefficient (Wildman–Crippen LogP) is 3.32. The molecule has 0 radical (unpaired) electrons. The van der Waals surface area contributed by atoms with Crippen molar-refractivity contribution in [2.45, 2.75) is 38.8 Å². The summed E-state index contributed by atoms with van der Waals surface area (Å²) >= 11 is 0. The fourth-order valence-electron chi connectivity index (χ4n) is 3.49. The molecule has 2 heterocycles. The molecular formula is C24H27NO4. The number of aryl methyl sites for hydroxylation is 1. The quantitative estimate of drug-likeness (QED) is 0.732. The van der Waals surface area contributed by atoms with Crippen LogP contribution in [0.5, 0.6) is 5.75 Å². The Bertz CT molecular complexity index is 957. The highest BCUT2D eigenvalue weighted by molar-refractivity contribution is 5.38. The average Bonchev–Trinajstić information content (AvgIpc) is 3.56. The molecular weight excluding hydrogens is 366 g/mol. The third kappa shape index (κ3) is 5.09. The molecule has 0 unspecified atom stereocenters. The molecule has 0 amide bonds. The van der Waals surface area contributed by atoms with Crippen molar-refractivity contribution in [3.8, 4) is 17.6 Å². The Balaban J connectivity index is 1.45. The third-order valence-corrected chi connectivity index (χ3v) is 5.33. The van der Waals surface area contributed by atoms with Crippen LogP contribution in [0.15, 0.2) is 41.2 Å². The molecule has 0 N–H and O–H groups in total. The molecule has 2 aromatic rings. The van der Waals surface area contributed by atoms with Crippen molar-refractivity contribution in [1.82, 2.24) is 4.57 Å². The minimum atomic E-state index is -0.0908. The van der Waals surface area contributed by atoms with Crippen LogP contribution >= 0.6 is 0 Å². The van der Waals surface area contributed by atoms with E-state index in [1.165, 1.54) is 12.8 Å². The van der Waals surface area contributed by atoms with Gasteiger partial charge in [0, 0.05) is 23.2 Å². The van der Waals surface area contributed by atoms with Gasteiger partial charge in [-0.3, -0.25) is 4.79 Å². The molecule has 1 aromatic heterocycles. The highest BCUT2D eigenvalue weighted by Crippen LogP contribution is 2.27. The summed E-state index contributed by atoms with van der Waals surface area (Å²) in [5.74, 6) is 7.66. The Labute approximate surface area is 171 Å². The van der Waals surface area contributed by atoms with Gasteiger partial charge in [-0.05, 0) is 50.5 Å². The summed E-state index contributed by atoms with van der Waals surface area (Å²) in [5.41, 5.74) is 2.88. The first-order valence-electron chi connectivity index (χ1n) is 10.3. The maximum absolute atomic E-state index is 12.8. The van der Waals surface area contributed by atoms with E-state index in [2.05, 4.69) is 24.0 Å². The Kier molecular flexibility index (Phi) is 6.03. The van der Waals surface area contributed by atoms with E-state index in [4.69, 9.17) is 14.2 Å². The van der Waals surface area contributed by atoms with Gasteiger partial charge in [-0.2, -0.15) is 0 Å². The van der Waals surface area contributed by atoms with Crippen molar-refractivity contribution in [2.75, 3.05) is 26.4 Å². The normalized spacial score (nSPS) is 19.9. The Morgan fingerprint density at radius 1 is 1.21 bits per heavy atom. The van der Waals surface area contributed by atoms with Gasteiger partial charge >= 0.3 is 0 Å². The van der Waals surface area contributed by atoms with Gasteiger partial charge < -0.3 is 18.8 Å². The van der Waals surface area contributed by atoms with Gasteiger partial charge in [0.25, 0.3) is 5.56 Å². The molecule has 152 valence electrons. The number of aromatic nitrogens is 1. The molecule has 5 nitrogen and oxygen atoms in total. The van der Waals surface area contributed by atoms with Gasteiger partial charge in [-0.1, -0.05) is 24.0 Å². The summed E-state index contributed by atoms with van der Waals surface area (Å²) < 4.78 is 18.5. The van der Waals surface area contributed by atoms with Crippen LogP contribution in [-0.2, 0) is 9.47 Å². The van der Waals surface area contributed by atoms with E-state index in [1.807, 2.05) is 32.0 Å². The average molecular weight is 393 g/mol.